The molecule has 0 radical (unpaired) electrons. The Bertz CT molecular complexity index is 943. The summed E-state index contributed by atoms with van der Waals surface area (Å²) in [5.41, 5.74) is 3.75. The van der Waals surface area contributed by atoms with E-state index in [0.29, 0.717) is 6.54 Å². The van der Waals surface area contributed by atoms with Gasteiger partial charge in [0, 0.05) is 43.3 Å². The monoisotopic (exact) mass is 334 g/mol. The van der Waals surface area contributed by atoms with Crippen molar-refractivity contribution in [1.29, 1.82) is 0 Å². The SMILES string of the molecule is Cc1c(N2CCNCC2)c2cccnc2n(Cc2ccccc2)c1=O. The smallest absolute Gasteiger partial charge is 0.257 e. The van der Waals surface area contributed by atoms with Crippen molar-refractivity contribution >= 4 is 16.7 Å². The van der Waals surface area contributed by atoms with Crippen LogP contribution < -0.4 is 15.8 Å². The Balaban J connectivity index is 1.90. The van der Waals surface area contributed by atoms with Crippen molar-refractivity contribution in [3.05, 3.63) is 70.1 Å². The lowest BCUT2D eigenvalue weighted by atomic mass is 10.1. The van der Waals surface area contributed by atoms with Crippen molar-refractivity contribution in [2.45, 2.75) is 13.5 Å². The molecule has 0 spiro atoms. The van der Waals surface area contributed by atoms with Crippen molar-refractivity contribution in [2.24, 2.45) is 0 Å². The fourth-order valence-corrected chi connectivity index (χ4v) is 3.61. The molecule has 1 aromatic carbocycles. The Morgan fingerprint density at radius 2 is 1.84 bits per heavy atom. The van der Waals surface area contributed by atoms with Crippen LogP contribution >= 0.6 is 0 Å². The van der Waals surface area contributed by atoms with Gasteiger partial charge in [0.2, 0.25) is 0 Å². The lowest BCUT2D eigenvalue weighted by Gasteiger charge is -2.32. The zero-order valence-electron chi connectivity index (χ0n) is 14.4. The number of piperazine rings is 1. The average Bonchev–Trinajstić information content (AvgIpc) is 2.67. The van der Waals surface area contributed by atoms with E-state index in [4.69, 9.17) is 0 Å². The molecular formula is C20H22N4O. The molecule has 1 aliphatic heterocycles. The summed E-state index contributed by atoms with van der Waals surface area (Å²) < 4.78 is 1.80. The quantitative estimate of drug-likeness (QED) is 0.797. The highest BCUT2D eigenvalue weighted by Gasteiger charge is 2.20. The van der Waals surface area contributed by atoms with Gasteiger partial charge >= 0.3 is 0 Å². The number of pyridine rings is 2. The van der Waals surface area contributed by atoms with Gasteiger partial charge in [-0.15, -0.1) is 0 Å². The second-order valence-corrected chi connectivity index (χ2v) is 6.46. The zero-order chi connectivity index (χ0) is 17.2. The van der Waals surface area contributed by atoms with E-state index in [-0.39, 0.29) is 5.56 Å². The summed E-state index contributed by atoms with van der Waals surface area (Å²) in [6.07, 6.45) is 1.76. The molecule has 5 nitrogen and oxygen atoms in total. The Labute approximate surface area is 146 Å². The van der Waals surface area contributed by atoms with Crippen molar-refractivity contribution < 1.29 is 0 Å². The number of hydrogen-bond acceptors (Lipinski definition) is 4. The van der Waals surface area contributed by atoms with Gasteiger partial charge in [-0.1, -0.05) is 30.3 Å². The first-order chi connectivity index (χ1) is 12.3. The molecular weight excluding hydrogens is 312 g/mol. The Hall–Kier alpha value is -2.66. The molecule has 0 aliphatic carbocycles. The lowest BCUT2D eigenvalue weighted by molar-refractivity contribution is 0.588. The average molecular weight is 334 g/mol. The largest absolute Gasteiger partial charge is 0.368 e. The van der Waals surface area contributed by atoms with E-state index in [1.54, 1.807) is 10.8 Å². The number of nitrogens with one attached hydrogen (secondary N) is 1. The van der Waals surface area contributed by atoms with Crippen LogP contribution in [0.3, 0.4) is 0 Å². The number of anilines is 1. The molecule has 0 saturated carbocycles. The molecule has 0 unspecified atom stereocenters. The summed E-state index contributed by atoms with van der Waals surface area (Å²) in [5, 5.41) is 4.42. The molecule has 0 atom stereocenters. The van der Waals surface area contributed by atoms with E-state index < -0.39 is 0 Å². The summed E-state index contributed by atoms with van der Waals surface area (Å²) in [4.78, 5) is 20.0. The minimum atomic E-state index is 0.0450. The first-order valence-corrected chi connectivity index (χ1v) is 8.73. The van der Waals surface area contributed by atoms with Crippen molar-refractivity contribution in [1.82, 2.24) is 14.9 Å². The maximum Gasteiger partial charge on any atom is 0.257 e. The van der Waals surface area contributed by atoms with E-state index in [2.05, 4.69) is 21.3 Å². The summed E-state index contributed by atoms with van der Waals surface area (Å²) in [7, 11) is 0. The van der Waals surface area contributed by atoms with Crippen molar-refractivity contribution in [2.75, 3.05) is 31.1 Å². The first kappa shape index (κ1) is 15.8. The van der Waals surface area contributed by atoms with E-state index >= 15 is 0 Å². The first-order valence-electron chi connectivity index (χ1n) is 8.73. The van der Waals surface area contributed by atoms with Gasteiger partial charge in [-0.25, -0.2) is 4.98 Å². The van der Waals surface area contributed by atoms with Gasteiger partial charge in [0.05, 0.1) is 12.2 Å². The molecule has 128 valence electrons. The van der Waals surface area contributed by atoms with Gasteiger partial charge in [0.15, 0.2) is 0 Å². The van der Waals surface area contributed by atoms with Crippen LogP contribution in [0.15, 0.2) is 53.5 Å². The van der Waals surface area contributed by atoms with Crippen LogP contribution in [0.25, 0.3) is 11.0 Å². The normalized spacial score (nSPS) is 14.8. The van der Waals surface area contributed by atoms with Gasteiger partial charge in [-0.2, -0.15) is 0 Å². The maximum absolute atomic E-state index is 13.1. The van der Waals surface area contributed by atoms with Crippen LogP contribution in [0.4, 0.5) is 5.69 Å². The molecule has 25 heavy (non-hydrogen) atoms. The van der Waals surface area contributed by atoms with Gasteiger partial charge < -0.3 is 10.2 Å². The second kappa shape index (κ2) is 6.69. The number of rotatable bonds is 3. The van der Waals surface area contributed by atoms with Crippen LogP contribution in [0.2, 0.25) is 0 Å². The Morgan fingerprint density at radius 3 is 2.60 bits per heavy atom. The third-order valence-electron chi connectivity index (χ3n) is 4.84. The summed E-state index contributed by atoms with van der Waals surface area (Å²) in [6.45, 7) is 6.17. The van der Waals surface area contributed by atoms with Gasteiger partial charge in [0.1, 0.15) is 5.65 Å². The standard InChI is InChI=1S/C20H22N4O/c1-15-18(23-12-10-21-11-13-23)17-8-5-9-22-19(17)24(20(15)25)14-16-6-3-2-4-7-16/h2-9,21H,10-14H2,1H3. The third-order valence-corrected chi connectivity index (χ3v) is 4.84. The number of hydrogen-bond donors (Lipinski definition) is 1. The third kappa shape index (κ3) is 2.91. The number of fused-ring (bicyclic) bond motifs is 1. The number of nitrogens with zero attached hydrogens (tertiary/aromatic N) is 3. The number of aromatic nitrogens is 2. The van der Waals surface area contributed by atoms with Crippen LogP contribution in [0.5, 0.6) is 0 Å². The fourth-order valence-electron chi connectivity index (χ4n) is 3.61. The van der Waals surface area contributed by atoms with Gasteiger partial charge in [-0.3, -0.25) is 9.36 Å². The van der Waals surface area contributed by atoms with E-state index in [0.717, 1.165) is 54.0 Å². The van der Waals surface area contributed by atoms with Crippen LogP contribution in [-0.4, -0.2) is 35.7 Å². The predicted molar refractivity (Wildman–Crippen MR) is 101 cm³/mol. The van der Waals surface area contributed by atoms with E-state index in [1.807, 2.05) is 43.3 Å². The highest BCUT2D eigenvalue weighted by atomic mass is 16.1. The Kier molecular flexibility index (Phi) is 4.24. The summed E-state index contributed by atoms with van der Waals surface area (Å²) in [6, 6.07) is 14.1. The predicted octanol–water partition coefficient (Wildman–Crippen LogP) is 2.16. The lowest BCUT2D eigenvalue weighted by Crippen LogP contribution is -2.44. The highest BCUT2D eigenvalue weighted by molar-refractivity contribution is 5.91. The molecule has 1 aliphatic rings. The molecule has 0 amide bonds. The molecule has 2 aromatic heterocycles. The topological polar surface area (TPSA) is 50.2 Å². The fraction of sp³-hybridized carbons (Fsp3) is 0.300. The van der Waals surface area contributed by atoms with E-state index in [1.165, 1.54) is 0 Å². The molecule has 4 rings (SSSR count). The van der Waals surface area contributed by atoms with Crippen LogP contribution in [0, 0.1) is 6.92 Å². The van der Waals surface area contributed by atoms with Crippen molar-refractivity contribution in [3.8, 4) is 0 Å². The molecule has 0 bridgehead atoms. The molecule has 3 heterocycles. The second-order valence-electron chi connectivity index (χ2n) is 6.46. The molecule has 1 saturated heterocycles. The van der Waals surface area contributed by atoms with Crippen LogP contribution in [-0.2, 0) is 6.54 Å². The molecule has 5 heteroatoms. The van der Waals surface area contributed by atoms with Gasteiger partial charge in [0.25, 0.3) is 5.56 Å². The summed E-state index contributed by atoms with van der Waals surface area (Å²) >= 11 is 0. The van der Waals surface area contributed by atoms with Crippen LogP contribution in [0.1, 0.15) is 11.1 Å². The molecule has 3 aromatic rings. The minimum absolute atomic E-state index is 0.0450. The molecule has 1 N–H and O–H groups in total. The van der Waals surface area contributed by atoms with Gasteiger partial charge in [-0.05, 0) is 24.6 Å². The van der Waals surface area contributed by atoms with E-state index in [9.17, 15) is 4.79 Å². The molecule has 1 fully saturated rings. The zero-order valence-corrected chi connectivity index (χ0v) is 14.4. The Morgan fingerprint density at radius 1 is 1.08 bits per heavy atom. The maximum atomic E-state index is 13.1. The number of benzene rings is 1. The highest BCUT2D eigenvalue weighted by Crippen LogP contribution is 2.28. The minimum Gasteiger partial charge on any atom is -0.368 e. The summed E-state index contributed by atoms with van der Waals surface area (Å²) in [5.74, 6) is 0. The van der Waals surface area contributed by atoms with Crippen molar-refractivity contribution in [3.63, 3.8) is 0 Å².